The van der Waals surface area contributed by atoms with E-state index in [1.165, 1.54) is 23.5 Å². The SMILES string of the molecule is Cc1cc(-c2nc3cc(C(=O)O)ccc3o2)sc1Br. The van der Waals surface area contributed by atoms with Crippen molar-refractivity contribution in [3.05, 3.63) is 39.2 Å². The molecule has 4 nitrogen and oxygen atoms in total. The first-order chi connectivity index (χ1) is 9.04. The van der Waals surface area contributed by atoms with Gasteiger partial charge in [0.1, 0.15) is 5.52 Å². The molecule has 0 atom stereocenters. The van der Waals surface area contributed by atoms with Crippen LogP contribution in [-0.4, -0.2) is 16.1 Å². The van der Waals surface area contributed by atoms with Crippen molar-refractivity contribution in [3.63, 3.8) is 0 Å². The molecule has 2 aromatic heterocycles. The molecule has 0 fully saturated rings. The highest BCUT2D eigenvalue weighted by atomic mass is 79.9. The topological polar surface area (TPSA) is 63.3 Å². The maximum absolute atomic E-state index is 10.9. The number of fused-ring (bicyclic) bond motifs is 1. The van der Waals surface area contributed by atoms with Gasteiger partial charge in [-0.25, -0.2) is 9.78 Å². The second-order valence-electron chi connectivity index (χ2n) is 4.07. The maximum Gasteiger partial charge on any atom is 0.335 e. The smallest absolute Gasteiger partial charge is 0.335 e. The predicted octanol–water partition coefficient (Wildman–Crippen LogP) is 4.33. The van der Waals surface area contributed by atoms with E-state index in [-0.39, 0.29) is 5.56 Å². The van der Waals surface area contributed by atoms with Gasteiger partial charge < -0.3 is 9.52 Å². The summed E-state index contributed by atoms with van der Waals surface area (Å²) in [7, 11) is 0. The maximum atomic E-state index is 10.9. The predicted molar refractivity (Wildman–Crippen MR) is 76.7 cm³/mol. The molecule has 96 valence electrons. The lowest BCUT2D eigenvalue weighted by Gasteiger charge is -1.91. The normalized spacial score (nSPS) is 11.1. The number of aryl methyl sites for hydroxylation is 1. The van der Waals surface area contributed by atoms with Crippen molar-refractivity contribution in [1.82, 2.24) is 4.98 Å². The van der Waals surface area contributed by atoms with Crippen LogP contribution in [-0.2, 0) is 0 Å². The summed E-state index contributed by atoms with van der Waals surface area (Å²) in [5, 5.41) is 8.95. The van der Waals surface area contributed by atoms with E-state index in [1.54, 1.807) is 6.07 Å². The minimum atomic E-state index is -0.971. The third-order valence-corrected chi connectivity index (χ3v) is 4.83. The van der Waals surface area contributed by atoms with Crippen LogP contribution in [0.4, 0.5) is 0 Å². The molecule has 0 spiro atoms. The summed E-state index contributed by atoms with van der Waals surface area (Å²) in [6.07, 6.45) is 0. The second-order valence-corrected chi connectivity index (χ2v) is 6.44. The number of hydrogen-bond donors (Lipinski definition) is 1. The van der Waals surface area contributed by atoms with Crippen LogP contribution in [0.5, 0.6) is 0 Å². The van der Waals surface area contributed by atoms with E-state index in [2.05, 4.69) is 20.9 Å². The fourth-order valence-corrected chi connectivity index (χ4v) is 3.19. The fourth-order valence-electron chi connectivity index (χ4n) is 1.73. The number of carboxylic acids is 1. The number of carbonyl (C=O) groups is 1. The van der Waals surface area contributed by atoms with Crippen molar-refractivity contribution in [1.29, 1.82) is 0 Å². The van der Waals surface area contributed by atoms with Gasteiger partial charge in [-0.3, -0.25) is 0 Å². The Morgan fingerprint density at radius 1 is 1.42 bits per heavy atom. The Kier molecular flexibility index (Phi) is 2.91. The van der Waals surface area contributed by atoms with Crippen LogP contribution >= 0.6 is 27.3 Å². The molecule has 3 aromatic rings. The molecule has 0 bridgehead atoms. The van der Waals surface area contributed by atoms with Gasteiger partial charge in [-0.15, -0.1) is 11.3 Å². The molecule has 0 saturated heterocycles. The highest BCUT2D eigenvalue weighted by Gasteiger charge is 2.13. The van der Waals surface area contributed by atoms with Gasteiger partial charge in [-0.1, -0.05) is 0 Å². The number of aromatic carboxylic acids is 1. The van der Waals surface area contributed by atoms with E-state index in [1.807, 2.05) is 13.0 Å². The van der Waals surface area contributed by atoms with E-state index in [9.17, 15) is 4.79 Å². The van der Waals surface area contributed by atoms with E-state index < -0.39 is 5.97 Å². The van der Waals surface area contributed by atoms with Crippen LogP contribution in [0.1, 0.15) is 15.9 Å². The number of thiophene rings is 1. The Balaban J connectivity index is 2.13. The van der Waals surface area contributed by atoms with E-state index in [0.717, 1.165) is 14.2 Å². The number of halogens is 1. The van der Waals surface area contributed by atoms with E-state index >= 15 is 0 Å². The molecule has 6 heteroatoms. The molecule has 1 aromatic carbocycles. The molecule has 19 heavy (non-hydrogen) atoms. The quantitative estimate of drug-likeness (QED) is 0.756. The van der Waals surface area contributed by atoms with Crippen molar-refractivity contribution < 1.29 is 14.3 Å². The monoisotopic (exact) mass is 337 g/mol. The summed E-state index contributed by atoms with van der Waals surface area (Å²) < 4.78 is 6.68. The van der Waals surface area contributed by atoms with Crippen molar-refractivity contribution in [3.8, 4) is 10.8 Å². The summed E-state index contributed by atoms with van der Waals surface area (Å²) in [5.41, 5.74) is 2.46. The molecule has 2 heterocycles. The van der Waals surface area contributed by atoms with Crippen LogP contribution < -0.4 is 0 Å². The summed E-state index contributed by atoms with van der Waals surface area (Å²) in [4.78, 5) is 16.2. The van der Waals surface area contributed by atoms with Gasteiger partial charge in [0.2, 0.25) is 5.89 Å². The third kappa shape index (κ3) is 2.17. The zero-order valence-corrected chi connectivity index (χ0v) is 12.2. The number of hydrogen-bond acceptors (Lipinski definition) is 4. The van der Waals surface area contributed by atoms with Gasteiger partial charge in [0, 0.05) is 0 Å². The van der Waals surface area contributed by atoms with Crippen LogP contribution in [0.2, 0.25) is 0 Å². The second kappa shape index (κ2) is 4.47. The van der Waals surface area contributed by atoms with Crippen molar-refractivity contribution >= 4 is 44.3 Å². The van der Waals surface area contributed by atoms with E-state index in [4.69, 9.17) is 9.52 Å². The zero-order valence-electron chi connectivity index (χ0n) is 9.81. The first-order valence-electron chi connectivity index (χ1n) is 5.45. The van der Waals surface area contributed by atoms with Gasteiger partial charge in [0.15, 0.2) is 5.58 Å². The molecule has 0 radical (unpaired) electrons. The molecule has 0 aliphatic rings. The standard InChI is InChI=1S/C13H8BrNO3S/c1-6-4-10(19-11(6)14)12-15-8-5-7(13(16)17)2-3-9(8)18-12/h2-5H,1H3,(H,16,17). The number of benzene rings is 1. The minimum absolute atomic E-state index is 0.205. The van der Waals surface area contributed by atoms with Crippen LogP contribution in [0.3, 0.4) is 0 Å². The molecule has 3 rings (SSSR count). The third-order valence-electron chi connectivity index (χ3n) is 2.70. The van der Waals surface area contributed by atoms with Gasteiger partial charge in [0.25, 0.3) is 0 Å². The molecule has 1 N–H and O–H groups in total. The Bertz CT molecular complexity index is 771. The van der Waals surface area contributed by atoms with Crippen LogP contribution in [0.25, 0.3) is 21.9 Å². The lowest BCUT2D eigenvalue weighted by molar-refractivity contribution is 0.0697. The lowest BCUT2D eigenvalue weighted by Crippen LogP contribution is -1.94. The first-order valence-corrected chi connectivity index (χ1v) is 7.06. The molecule has 0 aliphatic carbocycles. The van der Waals surface area contributed by atoms with Gasteiger partial charge >= 0.3 is 5.97 Å². The Hall–Kier alpha value is -1.66. The molecule has 0 unspecified atom stereocenters. The summed E-state index contributed by atoms with van der Waals surface area (Å²) in [5.74, 6) is -0.461. The molecule has 0 saturated carbocycles. The Morgan fingerprint density at radius 2 is 2.21 bits per heavy atom. The average Bonchev–Trinajstić information content (AvgIpc) is 2.92. The minimum Gasteiger partial charge on any atom is -0.478 e. The number of aromatic nitrogens is 1. The summed E-state index contributed by atoms with van der Waals surface area (Å²) >= 11 is 5.00. The van der Waals surface area contributed by atoms with Gasteiger partial charge in [0.05, 0.1) is 14.2 Å². The largest absolute Gasteiger partial charge is 0.478 e. The number of rotatable bonds is 2. The fraction of sp³-hybridized carbons (Fsp3) is 0.0769. The van der Waals surface area contributed by atoms with E-state index in [0.29, 0.717) is 17.0 Å². The summed E-state index contributed by atoms with van der Waals surface area (Å²) in [6.45, 7) is 2.00. The molecular formula is C13H8BrNO3S. The first kappa shape index (κ1) is 12.4. The van der Waals surface area contributed by atoms with Crippen molar-refractivity contribution in [2.75, 3.05) is 0 Å². The van der Waals surface area contributed by atoms with Gasteiger partial charge in [-0.2, -0.15) is 0 Å². The van der Waals surface area contributed by atoms with Crippen LogP contribution in [0, 0.1) is 6.92 Å². The average molecular weight is 338 g/mol. The Labute approximate surface area is 120 Å². The Morgan fingerprint density at radius 3 is 2.84 bits per heavy atom. The lowest BCUT2D eigenvalue weighted by atomic mass is 10.2. The van der Waals surface area contributed by atoms with Crippen molar-refractivity contribution in [2.45, 2.75) is 6.92 Å². The highest BCUT2D eigenvalue weighted by Crippen LogP contribution is 2.35. The summed E-state index contributed by atoms with van der Waals surface area (Å²) in [6, 6.07) is 6.64. The number of oxazole rings is 1. The molecule has 0 aliphatic heterocycles. The van der Waals surface area contributed by atoms with Gasteiger partial charge in [-0.05, 0) is 52.7 Å². The molecule has 0 amide bonds. The molecular weight excluding hydrogens is 330 g/mol. The van der Waals surface area contributed by atoms with Crippen molar-refractivity contribution in [2.24, 2.45) is 0 Å². The highest BCUT2D eigenvalue weighted by molar-refractivity contribution is 9.11. The zero-order chi connectivity index (χ0) is 13.6. The number of carboxylic acid groups (broad SMARTS) is 1. The number of nitrogens with zero attached hydrogens (tertiary/aromatic N) is 1. The van der Waals surface area contributed by atoms with Crippen LogP contribution in [0.15, 0.2) is 32.5 Å².